The summed E-state index contributed by atoms with van der Waals surface area (Å²) < 4.78 is 38.7. The number of anilines is 1. The first-order chi connectivity index (χ1) is 13.8. The number of nitrogens with zero attached hydrogens (tertiary/aromatic N) is 1. The van der Waals surface area contributed by atoms with Gasteiger partial charge >= 0.3 is 58.4 Å². The molecular weight excluding hydrogens is 423 g/mol. The summed E-state index contributed by atoms with van der Waals surface area (Å²) in [6.07, 6.45) is 1.68. The van der Waals surface area contributed by atoms with E-state index in [4.69, 9.17) is 0 Å². The van der Waals surface area contributed by atoms with E-state index in [2.05, 4.69) is 5.32 Å². The molecule has 2 aromatic rings. The smallest absolute Gasteiger partial charge is 0.445 e. The zero-order valence-corrected chi connectivity index (χ0v) is 19.8. The summed E-state index contributed by atoms with van der Waals surface area (Å²) in [6.45, 7) is -4.11. The van der Waals surface area contributed by atoms with Crippen molar-refractivity contribution < 1.29 is 79.0 Å². The van der Waals surface area contributed by atoms with Crippen molar-refractivity contribution in [2.75, 3.05) is 25.0 Å². The van der Waals surface area contributed by atoms with Crippen molar-refractivity contribution in [1.29, 1.82) is 0 Å². The van der Waals surface area contributed by atoms with Gasteiger partial charge in [-0.1, -0.05) is 24.3 Å². The van der Waals surface area contributed by atoms with Gasteiger partial charge in [-0.15, -0.1) is 5.46 Å². The molecule has 2 N–H and O–H groups in total. The van der Waals surface area contributed by atoms with E-state index in [-0.39, 0.29) is 75.4 Å². The molecule has 1 heterocycles. The monoisotopic (exact) mass is 444 g/mol. The molecule has 0 aromatic heterocycles. The Labute approximate surface area is 215 Å². The minimum Gasteiger partial charge on any atom is -0.445 e. The number of nitrogens with one attached hydrogen (secondary N) is 1. The quantitative estimate of drug-likeness (QED) is 0.631. The zero-order chi connectivity index (χ0) is 21.0. The Hall–Kier alpha value is -1.17. The van der Waals surface area contributed by atoms with Gasteiger partial charge < -0.3 is 28.3 Å². The third-order valence-corrected chi connectivity index (χ3v) is 4.96. The van der Waals surface area contributed by atoms with Gasteiger partial charge in [0.2, 0.25) is 0 Å². The molecule has 0 radical (unpaired) electrons. The predicted molar refractivity (Wildman–Crippen MR) is 105 cm³/mol. The van der Waals surface area contributed by atoms with Crippen molar-refractivity contribution in [1.82, 2.24) is 4.90 Å². The van der Waals surface area contributed by atoms with Gasteiger partial charge in [-0.25, -0.2) is 0 Å². The number of hydrogen-bond donors (Lipinski definition) is 2. The second-order valence-corrected chi connectivity index (χ2v) is 7.18. The van der Waals surface area contributed by atoms with E-state index < -0.39 is 18.3 Å². The molecule has 2 aromatic carbocycles. The maximum absolute atomic E-state index is 12.9. The fourth-order valence-electron chi connectivity index (χ4n) is 3.40. The minimum absolute atomic E-state index is 0. The number of piperidine rings is 1. The van der Waals surface area contributed by atoms with Crippen LogP contribution in [-0.4, -0.2) is 48.5 Å². The first kappa shape index (κ1) is 25.1. The Bertz CT molecular complexity index is 911. The van der Waals surface area contributed by atoms with E-state index in [1.54, 1.807) is 23.1 Å². The minimum atomic E-state index is -5.20. The third-order valence-electron chi connectivity index (χ3n) is 4.96. The topological polar surface area (TPSA) is 69.6 Å². The summed E-state index contributed by atoms with van der Waals surface area (Å²) in [5, 5.41) is 11.9. The number of halogens is 3. The summed E-state index contributed by atoms with van der Waals surface area (Å²) in [5.74, 6) is -0.839. The van der Waals surface area contributed by atoms with Crippen molar-refractivity contribution in [2.24, 2.45) is 5.92 Å². The number of carbonyl (C=O) groups excluding carboxylic acids is 2. The van der Waals surface area contributed by atoms with Crippen LogP contribution in [0.25, 0.3) is 0 Å². The number of benzene rings is 2. The van der Waals surface area contributed by atoms with E-state index in [0.29, 0.717) is 24.3 Å². The molecular formula is C20H21BF3KN2O3. The van der Waals surface area contributed by atoms with E-state index in [1.165, 1.54) is 18.2 Å². The van der Waals surface area contributed by atoms with Gasteiger partial charge in [0.25, 0.3) is 11.8 Å². The van der Waals surface area contributed by atoms with Crippen molar-refractivity contribution in [3.8, 4) is 0 Å². The van der Waals surface area contributed by atoms with Crippen LogP contribution in [0.5, 0.6) is 0 Å². The Morgan fingerprint density at radius 2 is 1.80 bits per heavy atom. The predicted octanol–water partition coefficient (Wildman–Crippen LogP) is -0.158. The average Bonchev–Trinajstić information content (AvgIpc) is 2.73. The fourth-order valence-corrected chi connectivity index (χ4v) is 3.40. The molecule has 0 aliphatic carbocycles. The SMILES string of the molecule is O=C(Nc1cccc(C(=O)N2CCCC(CO)C2)c1)c1cccc([B-](F)(F)F)c1.[K+]. The maximum atomic E-state index is 12.9. The molecule has 30 heavy (non-hydrogen) atoms. The van der Waals surface area contributed by atoms with Gasteiger partial charge in [0.1, 0.15) is 0 Å². The summed E-state index contributed by atoms with van der Waals surface area (Å²) in [4.78, 5) is 26.8. The van der Waals surface area contributed by atoms with Crippen LogP contribution in [0.2, 0.25) is 0 Å². The van der Waals surface area contributed by atoms with Gasteiger partial charge in [0, 0.05) is 36.5 Å². The number of carbonyl (C=O) groups is 2. The van der Waals surface area contributed by atoms with Crippen molar-refractivity contribution in [3.63, 3.8) is 0 Å². The Morgan fingerprint density at radius 3 is 2.50 bits per heavy atom. The fraction of sp³-hybridized carbons (Fsp3) is 0.300. The van der Waals surface area contributed by atoms with Crippen LogP contribution in [-0.2, 0) is 0 Å². The van der Waals surface area contributed by atoms with Crippen LogP contribution in [0, 0.1) is 5.92 Å². The Morgan fingerprint density at radius 1 is 1.10 bits per heavy atom. The van der Waals surface area contributed by atoms with Gasteiger partial charge in [0.05, 0.1) is 0 Å². The first-order valence-corrected chi connectivity index (χ1v) is 9.39. The van der Waals surface area contributed by atoms with Gasteiger partial charge in [-0.3, -0.25) is 9.59 Å². The normalized spacial score (nSPS) is 16.5. The number of hydrogen-bond acceptors (Lipinski definition) is 3. The number of likely N-dealkylation sites (tertiary alicyclic amines) is 1. The van der Waals surface area contributed by atoms with Crippen molar-refractivity contribution in [3.05, 3.63) is 59.7 Å². The molecule has 1 atom stereocenters. The summed E-state index contributed by atoms with van der Waals surface area (Å²) in [6, 6.07) is 10.5. The van der Waals surface area contributed by atoms with Gasteiger partial charge in [-0.05, 0) is 43.0 Å². The second-order valence-electron chi connectivity index (χ2n) is 7.18. The first-order valence-electron chi connectivity index (χ1n) is 9.39. The van der Waals surface area contributed by atoms with Crippen LogP contribution in [0.3, 0.4) is 0 Å². The van der Waals surface area contributed by atoms with E-state index >= 15 is 0 Å². The van der Waals surface area contributed by atoms with E-state index in [0.717, 1.165) is 25.0 Å². The molecule has 0 spiro atoms. The number of amides is 2. The molecule has 1 aliphatic heterocycles. The average molecular weight is 444 g/mol. The molecule has 0 saturated carbocycles. The number of rotatable bonds is 5. The zero-order valence-electron chi connectivity index (χ0n) is 16.7. The molecule has 3 rings (SSSR count). The summed E-state index contributed by atoms with van der Waals surface area (Å²) in [7, 11) is 0. The molecule has 5 nitrogen and oxygen atoms in total. The third kappa shape index (κ3) is 6.41. The van der Waals surface area contributed by atoms with E-state index in [9.17, 15) is 27.6 Å². The van der Waals surface area contributed by atoms with Crippen molar-refractivity contribution >= 4 is 29.9 Å². The summed E-state index contributed by atoms with van der Waals surface area (Å²) >= 11 is 0. The molecule has 154 valence electrons. The largest absolute Gasteiger partial charge is 1.00 e. The second kappa shape index (κ2) is 10.9. The van der Waals surface area contributed by atoms with Gasteiger partial charge in [-0.2, -0.15) is 0 Å². The molecule has 1 aliphatic rings. The maximum Gasteiger partial charge on any atom is 1.00 e. The van der Waals surface area contributed by atoms with Crippen LogP contribution in [0.4, 0.5) is 18.6 Å². The molecule has 1 saturated heterocycles. The Balaban J connectivity index is 0.00000320. The summed E-state index contributed by atoms with van der Waals surface area (Å²) in [5.41, 5.74) is -0.265. The van der Waals surface area contributed by atoms with Crippen molar-refractivity contribution in [2.45, 2.75) is 12.8 Å². The molecule has 1 fully saturated rings. The van der Waals surface area contributed by atoms with E-state index in [1.807, 2.05) is 0 Å². The van der Waals surface area contributed by atoms with Crippen LogP contribution in [0.15, 0.2) is 48.5 Å². The molecule has 2 amide bonds. The number of aliphatic hydroxyl groups is 1. The van der Waals surface area contributed by atoms with Crippen LogP contribution >= 0.6 is 0 Å². The molecule has 1 unspecified atom stereocenters. The molecule has 10 heteroatoms. The standard InChI is InChI=1S/C20H21BF3N2O3.K/c22-21(23,24)17-7-1-5-15(10-17)19(28)25-18-8-2-6-16(11-18)20(29)26-9-3-4-14(12-26)13-27;/h1-2,5-8,10-11,14,27H,3-4,9,12-13H2,(H,25,28);/q-1;+1. The van der Waals surface area contributed by atoms with Crippen LogP contribution < -0.4 is 62.2 Å². The molecule has 0 bridgehead atoms. The van der Waals surface area contributed by atoms with Gasteiger partial charge in [0.15, 0.2) is 0 Å². The Kier molecular flexibility index (Phi) is 9.14. The van der Waals surface area contributed by atoms with Crippen LogP contribution in [0.1, 0.15) is 33.6 Å². The number of aliphatic hydroxyl groups excluding tert-OH is 1.